The summed E-state index contributed by atoms with van der Waals surface area (Å²) in [6.07, 6.45) is -4.65. The first-order valence-electron chi connectivity index (χ1n) is 4.61. The lowest BCUT2D eigenvalue weighted by Gasteiger charge is -2.12. The Morgan fingerprint density at radius 3 is 2.47 bits per heavy atom. The summed E-state index contributed by atoms with van der Waals surface area (Å²) < 4.78 is 43.7. The molecule has 0 radical (unpaired) electrons. The molecule has 0 saturated heterocycles. The molecular weight excluding hydrogens is 280 g/mol. The molecule has 0 spiro atoms. The van der Waals surface area contributed by atoms with Gasteiger partial charge >= 0.3 is 6.36 Å². The number of hydrogen-bond donors (Lipinski definition) is 0. The summed E-state index contributed by atoms with van der Waals surface area (Å²) in [6, 6.07) is 4.93. The summed E-state index contributed by atoms with van der Waals surface area (Å²) in [5.41, 5.74) is 0.617. The quantitative estimate of drug-likeness (QED) is 0.602. The number of para-hydroxylation sites is 1. The van der Waals surface area contributed by atoms with Crippen molar-refractivity contribution in [1.82, 2.24) is 0 Å². The van der Waals surface area contributed by atoms with Crippen molar-refractivity contribution in [3.05, 3.63) is 28.8 Å². The van der Waals surface area contributed by atoms with Crippen LogP contribution in [-0.4, -0.2) is 19.6 Å². The van der Waals surface area contributed by atoms with Crippen molar-refractivity contribution in [2.24, 2.45) is 0 Å². The highest BCUT2D eigenvalue weighted by molar-refractivity contribution is 6.32. The van der Waals surface area contributed by atoms with Crippen LogP contribution in [0.3, 0.4) is 0 Å². The van der Waals surface area contributed by atoms with Gasteiger partial charge in [0.2, 0.25) is 0 Å². The SMILES string of the molecule is FC(F)(F)OCCOc1c(Cl)cccc1CCl. The molecule has 0 aliphatic rings. The highest BCUT2D eigenvalue weighted by atomic mass is 35.5. The summed E-state index contributed by atoms with van der Waals surface area (Å²) in [6.45, 7) is -0.858. The lowest BCUT2D eigenvalue weighted by molar-refractivity contribution is -0.325. The Balaban J connectivity index is 2.52. The first-order valence-corrected chi connectivity index (χ1v) is 5.52. The Hall–Kier alpha value is -0.650. The van der Waals surface area contributed by atoms with Crippen LogP contribution in [0.4, 0.5) is 13.2 Å². The Morgan fingerprint density at radius 2 is 1.88 bits per heavy atom. The van der Waals surface area contributed by atoms with E-state index in [0.29, 0.717) is 10.6 Å². The van der Waals surface area contributed by atoms with Crippen molar-refractivity contribution in [2.45, 2.75) is 12.2 Å². The molecule has 0 aromatic heterocycles. The molecule has 0 aliphatic carbocycles. The van der Waals surface area contributed by atoms with Crippen LogP contribution in [0.5, 0.6) is 5.75 Å². The maximum Gasteiger partial charge on any atom is 0.522 e. The topological polar surface area (TPSA) is 18.5 Å². The maximum atomic E-state index is 11.7. The lowest BCUT2D eigenvalue weighted by Crippen LogP contribution is -2.18. The molecule has 96 valence electrons. The number of halogens is 5. The van der Waals surface area contributed by atoms with Crippen molar-refractivity contribution in [3.63, 3.8) is 0 Å². The molecule has 0 heterocycles. The van der Waals surface area contributed by atoms with E-state index in [2.05, 4.69) is 4.74 Å². The minimum atomic E-state index is -4.65. The molecular formula is C10H9Cl2F3O2. The summed E-state index contributed by atoms with van der Waals surface area (Å²) in [5, 5.41) is 0.301. The Kier molecular flexibility index (Phi) is 5.36. The largest absolute Gasteiger partial charge is 0.522 e. The summed E-state index contributed by atoms with van der Waals surface area (Å²) in [5.74, 6) is 0.450. The predicted molar refractivity (Wildman–Crippen MR) is 58.5 cm³/mol. The first-order chi connectivity index (χ1) is 7.94. The van der Waals surface area contributed by atoms with Crippen LogP contribution >= 0.6 is 23.2 Å². The van der Waals surface area contributed by atoms with Gasteiger partial charge < -0.3 is 4.74 Å². The summed E-state index contributed by atoms with van der Waals surface area (Å²) >= 11 is 11.5. The van der Waals surface area contributed by atoms with Gasteiger partial charge in [0, 0.05) is 5.56 Å². The normalized spacial score (nSPS) is 11.6. The second-order valence-corrected chi connectivity index (χ2v) is 3.68. The average molecular weight is 289 g/mol. The van der Waals surface area contributed by atoms with Gasteiger partial charge in [0.05, 0.1) is 17.5 Å². The van der Waals surface area contributed by atoms with Gasteiger partial charge in [-0.25, -0.2) is 0 Å². The number of benzene rings is 1. The van der Waals surface area contributed by atoms with E-state index in [4.69, 9.17) is 27.9 Å². The van der Waals surface area contributed by atoms with Crippen LogP contribution in [0.25, 0.3) is 0 Å². The van der Waals surface area contributed by atoms with Gasteiger partial charge in [-0.3, -0.25) is 4.74 Å². The Morgan fingerprint density at radius 1 is 1.18 bits per heavy atom. The van der Waals surface area contributed by atoms with E-state index in [9.17, 15) is 13.2 Å². The van der Waals surface area contributed by atoms with Crippen molar-refractivity contribution in [1.29, 1.82) is 0 Å². The van der Waals surface area contributed by atoms with Crippen LogP contribution in [0.2, 0.25) is 5.02 Å². The van der Waals surface area contributed by atoms with E-state index in [1.807, 2.05) is 0 Å². The fraction of sp³-hybridized carbons (Fsp3) is 0.400. The van der Waals surface area contributed by atoms with E-state index in [-0.39, 0.29) is 18.2 Å². The van der Waals surface area contributed by atoms with E-state index < -0.39 is 13.0 Å². The molecule has 0 aliphatic heterocycles. The van der Waals surface area contributed by atoms with Crippen LogP contribution in [0, 0.1) is 0 Å². The van der Waals surface area contributed by atoms with E-state index in [1.54, 1.807) is 18.2 Å². The van der Waals surface area contributed by atoms with Crippen LogP contribution in [-0.2, 0) is 10.6 Å². The fourth-order valence-corrected chi connectivity index (χ4v) is 1.58. The molecule has 0 fully saturated rings. The van der Waals surface area contributed by atoms with Crippen molar-refractivity contribution < 1.29 is 22.6 Å². The van der Waals surface area contributed by atoms with Gasteiger partial charge in [-0.2, -0.15) is 0 Å². The number of alkyl halides is 4. The van der Waals surface area contributed by atoms with Gasteiger partial charge in [0.1, 0.15) is 12.4 Å². The summed E-state index contributed by atoms with van der Waals surface area (Å²) in [4.78, 5) is 0. The van der Waals surface area contributed by atoms with Gasteiger partial charge in [0.25, 0.3) is 0 Å². The monoisotopic (exact) mass is 288 g/mol. The van der Waals surface area contributed by atoms with E-state index in [1.165, 1.54) is 0 Å². The third-order valence-corrected chi connectivity index (χ3v) is 2.37. The average Bonchev–Trinajstić information content (AvgIpc) is 2.24. The smallest absolute Gasteiger partial charge is 0.489 e. The lowest BCUT2D eigenvalue weighted by atomic mass is 10.2. The van der Waals surface area contributed by atoms with Crippen molar-refractivity contribution >= 4 is 23.2 Å². The van der Waals surface area contributed by atoms with Gasteiger partial charge in [-0.1, -0.05) is 23.7 Å². The molecule has 1 rings (SSSR count). The predicted octanol–water partition coefficient (Wildman–Crippen LogP) is 3.99. The zero-order valence-corrected chi connectivity index (χ0v) is 10.1. The highest BCUT2D eigenvalue weighted by Gasteiger charge is 2.28. The van der Waals surface area contributed by atoms with Gasteiger partial charge in [0.15, 0.2) is 0 Å². The minimum absolute atomic E-state index is 0.163. The molecule has 0 saturated carbocycles. The van der Waals surface area contributed by atoms with E-state index >= 15 is 0 Å². The van der Waals surface area contributed by atoms with Gasteiger partial charge in [-0.15, -0.1) is 24.8 Å². The van der Waals surface area contributed by atoms with Crippen LogP contribution in [0.1, 0.15) is 5.56 Å². The van der Waals surface area contributed by atoms with Crippen LogP contribution in [0.15, 0.2) is 18.2 Å². The second-order valence-electron chi connectivity index (χ2n) is 3.00. The fourth-order valence-electron chi connectivity index (χ4n) is 1.12. The third-order valence-electron chi connectivity index (χ3n) is 1.79. The van der Waals surface area contributed by atoms with Gasteiger partial charge in [-0.05, 0) is 6.07 Å². The van der Waals surface area contributed by atoms with E-state index in [0.717, 1.165) is 0 Å². The highest BCUT2D eigenvalue weighted by Crippen LogP contribution is 2.29. The molecule has 1 aromatic carbocycles. The third kappa shape index (κ3) is 5.02. The molecule has 7 heteroatoms. The first kappa shape index (κ1) is 14.4. The second kappa shape index (κ2) is 6.33. The molecule has 0 N–H and O–H groups in total. The molecule has 2 nitrogen and oxygen atoms in total. The van der Waals surface area contributed by atoms with Crippen molar-refractivity contribution in [3.8, 4) is 5.75 Å². The zero-order chi connectivity index (χ0) is 12.9. The standard InChI is InChI=1S/C10H9Cl2F3O2/c11-6-7-2-1-3-8(12)9(7)16-4-5-17-10(13,14)15/h1-3H,4-6H2. The molecule has 0 atom stereocenters. The number of rotatable bonds is 5. The number of hydrogen-bond acceptors (Lipinski definition) is 2. The Labute approximate surface area is 106 Å². The zero-order valence-electron chi connectivity index (χ0n) is 8.56. The molecule has 17 heavy (non-hydrogen) atoms. The van der Waals surface area contributed by atoms with Crippen LogP contribution < -0.4 is 4.74 Å². The Bertz CT molecular complexity index is 369. The maximum absolute atomic E-state index is 11.7. The number of ether oxygens (including phenoxy) is 2. The summed E-state index contributed by atoms with van der Waals surface area (Å²) in [7, 11) is 0. The van der Waals surface area contributed by atoms with Crippen molar-refractivity contribution in [2.75, 3.05) is 13.2 Å². The molecule has 1 aromatic rings. The molecule has 0 unspecified atom stereocenters. The molecule has 0 bridgehead atoms. The molecule has 0 amide bonds. The minimum Gasteiger partial charge on any atom is -0.489 e.